The average molecular weight is 371 g/mol. The van der Waals surface area contributed by atoms with Crippen LogP contribution in [0.2, 0.25) is 0 Å². The number of hydrogen-bond acceptors (Lipinski definition) is 4. The van der Waals surface area contributed by atoms with Crippen LogP contribution in [0.1, 0.15) is 42.0 Å². The van der Waals surface area contributed by atoms with Crippen LogP contribution in [-0.2, 0) is 28.6 Å². The third-order valence-electron chi connectivity index (χ3n) is 5.08. The van der Waals surface area contributed by atoms with E-state index in [0.717, 1.165) is 0 Å². The van der Waals surface area contributed by atoms with Crippen molar-refractivity contribution in [3.05, 3.63) is 22.8 Å². The minimum absolute atomic E-state index is 0.000469. The molecular formula is C17H20F3N3O3. The molecule has 0 radical (unpaired) electrons. The van der Waals surface area contributed by atoms with E-state index in [-0.39, 0.29) is 36.7 Å². The first-order valence-electron chi connectivity index (χ1n) is 8.62. The molecule has 142 valence electrons. The Morgan fingerprint density at radius 2 is 1.92 bits per heavy atom. The highest BCUT2D eigenvalue weighted by molar-refractivity contribution is 5.81. The molecule has 0 saturated carbocycles. The number of carbonyl (C=O) groups excluding carboxylic acids is 1. The fourth-order valence-electron chi connectivity index (χ4n) is 3.82. The van der Waals surface area contributed by atoms with E-state index in [2.05, 4.69) is 9.97 Å². The van der Waals surface area contributed by atoms with E-state index in [4.69, 9.17) is 5.11 Å². The van der Waals surface area contributed by atoms with E-state index >= 15 is 0 Å². The monoisotopic (exact) mass is 371 g/mol. The van der Waals surface area contributed by atoms with Gasteiger partial charge in [-0.3, -0.25) is 9.59 Å². The number of amides is 1. The van der Waals surface area contributed by atoms with Crippen molar-refractivity contribution >= 4 is 11.9 Å². The number of alkyl halides is 3. The van der Waals surface area contributed by atoms with Gasteiger partial charge in [0.1, 0.15) is 5.82 Å². The van der Waals surface area contributed by atoms with Gasteiger partial charge in [0.15, 0.2) is 5.69 Å². The molecule has 1 saturated heterocycles. The second kappa shape index (κ2) is 6.85. The number of rotatable bonds is 2. The number of halogens is 3. The fourth-order valence-corrected chi connectivity index (χ4v) is 3.82. The number of likely N-dealkylation sites (tertiary alicyclic amines) is 1. The molecule has 0 aromatic carbocycles. The van der Waals surface area contributed by atoms with Crippen molar-refractivity contribution in [2.45, 2.75) is 45.2 Å². The molecule has 9 heteroatoms. The van der Waals surface area contributed by atoms with Gasteiger partial charge in [-0.1, -0.05) is 0 Å². The first-order valence-corrected chi connectivity index (χ1v) is 8.62. The predicted molar refractivity (Wildman–Crippen MR) is 84.2 cm³/mol. The van der Waals surface area contributed by atoms with Crippen LogP contribution in [0.4, 0.5) is 13.2 Å². The van der Waals surface area contributed by atoms with Gasteiger partial charge in [-0.15, -0.1) is 0 Å². The zero-order chi connectivity index (χ0) is 19.1. The van der Waals surface area contributed by atoms with Crippen molar-refractivity contribution in [1.29, 1.82) is 0 Å². The molecule has 0 spiro atoms. The summed E-state index contributed by atoms with van der Waals surface area (Å²) in [5.41, 5.74) is -0.602. The highest BCUT2D eigenvalue weighted by Crippen LogP contribution is 2.36. The van der Waals surface area contributed by atoms with Crippen molar-refractivity contribution in [2.24, 2.45) is 11.8 Å². The molecule has 1 aliphatic carbocycles. The van der Waals surface area contributed by atoms with Gasteiger partial charge in [-0.05, 0) is 39.0 Å². The summed E-state index contributed by atoms with van der Waals surface area (Å²) in [6, 6.07) is 0. The Morgan fingerprint density at radius 1 is 1.19 bits per heavy atom. The van der Waals surface area contributed by atoms with E-state index in [0.29, 0.717) is 31.5 Å². The summed E-state index contributed by atoms with van der Waals surface area (Å²) in [7, 11) is 0. The van der Waals surface area contributed by atoms with Gasteiger partial charge in [-0.25, -0.2) is 9.97 Å². The molecule has 1 fully saturated rings. The number of aliphatic carboxylic acids is 1. The maximum absolute atomic E-state index is 13.3. The molecule has 2 aliphatic rings. The first-order chi connectivity index (χ1) is 12.2. The second-order valence-corrected chi connectivity index (χ2v) is 6.94. The summed E-state index contributed by atoms with van der Waals surface area (Å²) in [5.74, 6) is -2.35. The smallest absolute Gasteiger partial charge is 0.433 e. The molecular weight excluding hydrogens is 351 g/mol. The Morgan fingerprint density at radius 3 is 2.58 bits per heavy atom. The average Bonchev–Trinajstić information content (AvgIpc) is 2.59. The maximum atomic E-state index is 13.3. The van der Waals surface area contributed by atoms with Gasteiger partial charge < -0.3 is 10.0 Å². The number of carboxylic acids is 1. The van der Waals surface area contributed by atoms with E-state index in [9.17, 15) is 22.8 Å². The standard InChI is InChI=1S/C17H20F3N3O3/c1-9-21-13-5-4-10(7-12(13)14(22-9)17(18,19)20)15(24)23-6-2-3-11(8-23)16(25)26/h10-11H,2-8H2,1H3,(H,25,26)/t10-,11-/m1/s1. The van der Waals surface area contributed by atoms with Crippen molar-refractivity contribution in [3.63, 3.8) is 0 Å². The molecule has 1 N–H and O–H groups in total. The molecule has 1 aromatic heterocycles. The van der Waals surface area contributed by atoms with Crippen LogP contribution in [0, 0.1) is 18.8 Å². The molecule has 1 aromatic rings. The molecule has 6 nitrogen and oxygen atoms in total. The molecule has 2 heterocycles. The quantitative estimate of drug-likeness (QED) is 0.862. The minimum Gasteiger partial charge on any atom is -0.481 e. The van der Waals surface area contributed by atoms with Gasteiger partial charge in [-0.2, -0.15) is 13.2 Å². The molecule has 0 unspecified atom stereocenters. The molecule has 1 amide bonds. The highest BCUT2D eigenvalue weighted by atomic mass is 19.4. The van der Waals surface area contributed by atoms with Gasteiger partial charge >= 0.3 is 12.1 Å². The fraction of sp³-hybridized carbons (Fsp3) is 0.647. The summed E-state index contributed by atoms with van der Waals surface area (Å²) in [6.07, 6.45) is -2.86. The third-order valence-corrected chi connectivity index (χ3v) is 5.08. The number of nitrogens with zero attached hydrogens (tertiary/aromatic N) is 3. The SMILES string of the molecule is Cc1nc2c(c(C(F)(F)F)n1)C[C@H](C(=O)N1CCC[C@@H](C(=O)O)C1)CC2. The Kier molecular flexibility index (Phi) is 4.90. The van der Waals surface area contributed by atoms with Gasteiger partial charge in [0.05, 0.1) is 5.92 Å². The molecule has 1 aliphatic heterocycles. The van der Waals surface area contributed by atoms with Crippen molar-refractivity contribution in [1.82, 2.24) is 14.9 Å². The normalized spacial score (nSPS) is 23.5. The summed E-state index contributed by atoms with van der Waals surface area (Å²) < 4.78 is 40.0. The van der Waals surface area contributed by atoms with E-state index in [1.165, 1.54) is 11.8 Å². The van der Waals surface area contributed by atoms with E-state index < -0.39 is 29.7 Å². The minimum atomic E-state index is -4.59. The maximum Gasteiger partial charge on any atom is 0.433 e. The lowest BCUT2D eigenvalue weighted by Crippen LogP contribution is -2.46. The number of aromatic nitrogens is 2. The molecule has 2 atom stereocenters. The number of aryl methyl sites for hydroxylation is 2. The third kappa shape index (κ3) is 3.66. The Hall–Kier alpha value is -2.19. The van der Waals surface area contributed by atoms with Crippen LogP contribution in [-0.4, -0.2) is 44.9 Å². The topological polar surface area (TPSA) is 83.4 Å². The largest absolute Gasteiger partial charge is 0.481 e. The number of fused-ring (bicyclic) bond motifs is 1. The number of hydrogen-bond donors (Lipinski definition) is 1. The van der Waals surface area contributed by atoms with E-state index in [1.807, 2.05) is 0 Å². The summed E-state index contributed by atoms with van der Waals surface area (Å²) >= 11 is 0. The van der Waals surface area contributed by atoms with Crippen molar-refractivity contribution in [2.75, 3.05) is 13.1 Å². The summed E-state index contributed by atoms with van der Waals surface area (Å²) in [4.78, 5) is 33.1. The molecule has 0 bridgehead atoms. The van der Waals surface area contributed by atoms with Crippen molar-refractivity contribution in [3.8, 4) is 0 Å². The Bertz CT molecular complexity index is 736. The van der Waals surface area contributed by atoms with Crippen LogP contribution >= 0.6 is 0 Å². The second-order valence-electron chi connectivity index (χ2n) is 6.94. The zero-order valence-corrected chi connectivity index (χ0v) is 14.3. The van der Waals surface area contributed by atoms with Crippen LogP contribution < -0.4 is 0 Å². The van der Waals surface area contributed by atoms with Crippen LogP contribution in [0.3, 0.4) is 0 Å². The number of carboxylic acid groups (broad SMARTS) is 1. The lowest BCUT2D eigenvalue weighted by atomic mass is 9.84. The molecule has 3 rings (SSSR count). The number of piperidine rings is 1. The summed E-state index contributed by atoms with van der Waals surface area (Å²) in [6.45, 7) is 1.99. The first kappa shape index (κ1) is 18.6. The van der Waals surface area contributed by atoms with Crippen LogP contribution in [0.15, 0.2) is 0 Å². The Balaban J connectivity index is 1.82. The van der Waals surface area contributed by atoms with Gasteiger partial charge in [0, 0.05) is 30.3 Å². The van der Waals surface area contributed by atoms with Crippen LogP contribution in [0.5, 0.6) is 0 Å². The van der Waals surface area contributed by atoms with Crippen molar-refractivity contribution < 1.29 is 27.9 Å². The predicted octanol–water partition coefficient (Wildman–Crippen LogP) is 2.23. The van der Waals surface area contributed by atoms with E-state index in [1.54, 1.807) is 0 Å². The lowest BCUT2D eigenvalue weighted by Gasteiger charge is -2.35. The molecule has 26 heavy (non-hydrogen) atoms. The number of carbonyl (C=O) groups is 2. The Labute approximate surface area is 148 Å². The summed E-state index contributed by atoms with van der Waals surface area (Å²) in [5, 5.41) is 9.15. The van der Waals surface area contributed by atoms with Gasteiger partial charge in [0.2, 0.25) is 5.91 Å². The zero-order valence-electron chi connectivity index (χ0n) is 14.3. The van der Waals surface area contributed by atoms with Gasteiger partial charge in [0.25, 0.3) is 0 Å². The van der Waals surface area contributed by atoms with Crippen LogP contribution in [0.25, 0.3) is 0 Å². The highest BCUT2D eigenvalue weighted by Gasteiger charge is 2.41. The lowest BCUT2D eigenvalue weighted by molar-refractivity contribution is -0.148.